The van der Waals surface area contributed by atoms with E-state index in [9.17, 15) is 13.8 Å². The van der Waals surface area contributed by atoms with E-state index >= 15 is 0 Å². The van der Waals surface area contributed by atoms with Gasteiger partial charge in [0, 0.05) is 56.7 Å². The third-order valence-electron chi connectivity index (χ3n) is 11.1. The number of fused-ring (bicyclic) bond motifs is 4. The normalized spacial score (nSPS) is 28.7. The van der Waals surface area contributed by atoms with Crippen LogP contribution in [0.15, 0.2) is 57.3 Å². The van der Waals surface area contributed by atoms with Crippen molar-refractivity contribution in [1.29, 1.82) is 0 Å². The fourth-order valence-corrected chi connectivity index (χ4v) is 10.3. The molecule has 0 N–H and O–H groups in total. The summed E-state index contributed by atoms with van der Waals surface area (Å²) in [5.41, 5.74) is 5.05. The zero-order valence-corrected chi connectivity index (χ0v) is 30.2. The third-order valence-corrected chi connectivity index (χ3v) is 13.3. The van der Waals surface area contributed by atoms with Crippen molar-refractivity contribution in [1.82, 2.24) is 10.2 Å². The van der Waals surface area contributed by atoms with Gasteiger partial charge in [-0.2, -0.15) is 4.36 Å². The zero-order valence-electron chi connectivity index (χ0n) is 29.4. The molecule has 0 saturated heterocycles. The second-order valence-electron chi connectivity index (χ2n) is 14.7. The van der Waals surface area contributed by atoms with Crippen molar-refractivity contribution in [2.45, 2.75) is 83.2 Å². The standard InChI is InChI=1S/C39H48N4O6S/c1-26-10-15-33-28(20-26)8-7-18-39(33)24-43-22-30-11-14-32(30)35(47-3)9-5-4-6-19-50(46,23-31(44)13-17-37-41-40-27(2)49-37)42-38(45)29-12-16-36(48-25-39)34(43)21-29/h5,9-10,12,15-16,20-21,30,32,35H,4,6-8,11,13-14,17-19,22-25H2,1-3H3/b9-5+/t30-,32+,35-,39-,50+/m0/s1. The third kappa shape index (κ3) is 7.30. The minimum atomic E-state index is -3.19. The largest absolute Gasteiger partial charge is 0.490 e. The minimum Gasteiger partial charge on any atom is -0.490 e. The Morgan fingerprint density at radius 3 is 2.78 bits per heavy atom. The molecule has 7 rings (SSSR count). The highest BCUT2D eigenvalue weighted by molar-refractivity contribution is 7.94. The molecule has 266 valence electrons. The smallest absolute Gasteiger partial charge is 0.285 e. The van der Waals surface area contributed by atoms with Gasteiger partial charge in [0.05, 0.1) is 33.9 Å². The molecule has 2 aromatic carbocycles. The molecule has 10 nitrogen and oxygen atoms in total. The average molecular weight is 701 g/mol. The maximum absolute atomic E-state index is 14.3. The number of ketones is 1. The van der Waals surface area contributed by atoms with Gasteiger partial charge in [0.2, 0.25) is 11.8 Å². The lowest BCUT2D eigenvalue weighted by atomic mass is 9.68. The Morgan fingerprint density at radius 1 is 1.12 bits per heavy atom. The predicted molar refractivity (Wildman–Crippen MR) is 192 cm³/mol. The Balaban J connectivity index is 1.24. The Morgan fingerprint density at radius 2 is 2.00 bits per heavy atom. The first kappa shape index (κ1) is 34.6. The highest BCUT2D eigenvalue weighted by Crippen LogP contribution is 2.47. The number of ether oxygens (including phenoxy) is 2. The van der Waals surface area contributed by atoms with Crippen molar-refractivity contribution >= 4 is 27.1 Å². The van der Waals surface area contributed by atoms with Gasteiger partial charge in [-0.1, -0.05) is 35.9 Å². The number of hydrogen-bond donors (Lipinski definition) is 0. The number of aromatic nitrogens is 2. The molecule has 2 aliphatic heterocycles. The maximum atomic E-state index is 14.3. The second kappa shape index (κ2) is 14.4. The SMILES string of the molecule is CO[C@H]1/C=C/CCC[S@@](=O)(CC(=O)CCc2nnc(C)o2)=NC(=O)c2ccc3c(c2)N(C[C@@H]2CC[C@H]21)C[C@@]1(CCCc2cc(C)ccc21)CO3. The number of carbonyl (C=O) groups is 2. The average Bonchev–Trinajstić information content (AvgIpc) is 3.44. The van der Waals surface area contributed by atoms with Gasteiger partial charge in [-0.3, -0.25) is 9.59 Å². The van der Waals surface area contributed by atoms with E-state index in [0.717, 1.165) is 56.6 Å². The first-order valence-electron chi connectivity index (χ1n) is 18.0. The Kier molecular flexibility index (Phi) is 9.98. The van der Waals surface area contributed by atoms with Gasteiger partial charge in [0.15, 0.2) is 0 Å². The first-order valence-corrected chi connectivity index (χ1v) is 19.9. The molecule has 50 heavy (non-hydrogen) atoms. The number of methoxy groups -OCH3 is 1. The monoisotopic (exact) mass is 700 g/mol. The number of amides is 1. The van der Waals surface area contributed by atoms with Crippen molar-refractivity contribution in [3.05, 3.63) is 82.6 Å². The molecule has 3 heterocycles. The van der Waals surface area contributed by atoms with E-state index in [0.29, 0.717) is 48.6 Å². The minimum absolute atomic E-state index is 0.0198. The van der Waals surface area contributed by atoms with E-state index in [1.54, 1.807) is 20.1 Å². The van der Waals surface area contributed by atoms with Gasteiger partial charge in [-0.15, -0.1) is 10.2 Å². The van der Waals surface area contributed by atoms with Crippen LogP contribution in [0.4, 0.5) is 5.69 Å². The second-order valence-corrected chi connectivity index (χ2v) is 17.1. The molecule has 4 aliphatic rings. The van der Waals surface area contributed by atoms with Crippen LogP contribution in [0, 0.1) is 25.7 Å². The maximum Gasteiger partial charge on any atom is 0.285 e. The quantitative estimate of drug-likeness (QED) is 0.270. The highest BCUT2D eigenvalue weighted by atomic mass is 32.2. The Labute approximate surface area is 295 Å². The van der Waals surface area contributed by atoms with Crippen LogP contribution in [0.3, 0.4) is 0 Å². The lowest BCUT2D eigenvalue weighted by Crippen LogP contribution is -2.49. The van der Waals surface area contributed by atoms with E-state index < -0.39 is 15.6 Å². The van der Waals surface area contributed by atoms with Crippen LogP contribution >= 0.6 is 0 Å². The zero-order chi connectivity index (χ0) is 34.9. The van der Waals surface area contributed by atoms with E-state index in [-0.39, 0.29) is 41.6 Å². The van der Waals surface area contributed by atoms with Gasteiger partial charge < -0.3 is 18.8 Å². The summed E-state index contributed by atoms with van der Waals surface area (Å²) in [5, 5.41) is 7.78. The number of Topliss-reactive ketones (excluding diaryl/α,β-unsaturated/α-hetero) is 1. The van der Waals surface area contributed by atoms with Crippen LogP contribution in [-0.2, 0) is 37.5 Å². The molecule has 11 heteroatoms. The van der Waals surface area contributed by atoms with Crippen molar-refractivity contribution in [3.63, 3.8) is 0 Å². The molecule has 0 radical (unpaired) electrons. The summed E-state index contributed by atoms with van der Waals surface area (Å²) in [5.74, 6) is 1.33. The van der Waals surface area contributed by atoms with Crippen molar-refractivity contribution in [2.24, 2.45) is 16.2 Å². The Bertz CT molecular complexity index is 1910. The van der Waals surface area contributed by atoms with E-state index in [2.05, 4.69) is 56.7 Å². The number of allylic oxidation sites excluding steroid dienone is 1. The summed E-state index contributed by atoms with van der Waals surface area (Å²) in [6.45, 7) is 5.98. The van der Waals surface area contributed by atoms with Gasteiger partial charge in [0.25, 0.3) is 5.91 Å². The van der Waals surface area contributed by atoms with Crippen LogP contribution in [0.2, 0.25) is 0 Å². The number of aryl methyl sites for hydroxylation is 4. The van der Waals surface area contributed by atoms with Gasteiger partial charge in [0.1, 0.15) is 11.5 Å². The number of hydrogen-bond acceptors (Lipinski definition) is 9. The highest BCUT2D eigenvalue weighted by Gasteiger charge is 2.44. The van der Waals surface area contributed by atoms with Crippen molar-refractivity contribution < 1.29 is 27.7 Å². The van der Waals surface area contributed by atoms with Gasteiger partial charge in [-0.05, 0) is 93.0 Å². The number of benzene rings is 2. The number of rotatable bonds is 6. The fraction of sp³-hybridized carbons (Fsp3) is 0.538. The molecular formula is C39H48N4O6S. The molecule has 2 aliphatic carbocycles. The van der Waals surface area contributed by atoms with Crippen LogP contribution in [-0.4, -0.2) is 70.5 Å². The summed E-state index contributed by atoms with van der Waals surface area (Å²) in [6, 6.07) is 12.3. The van der Waals surface area contributed by atoms with E-state index in [4.69, 9.17) is 13.9 Å². The van der Waals surface area contributed by atoms with Crippen LogP contribution in [0.5, 0.6) is 5.75 Å². The molecule has 1 saturated carbocycles. The molecule has 1 spiro atoms. The first-order chi connectivity index (χ1) is 24.1. The van der Waals surface area contributed by atoms with Gasteiger partial charge >= 0.3 is 0 Å². The summed E-state index contributed by atoms with van der Waals surface area (Å²) < 4.78 is 36.8. The Hall–Kier alpha value is -3.83. The van der Waals surface area contributed by atoms with Crippen molar-refractivity contribution in [3.8, 4) is 5.75 Å². The number of nitrogens with zero attached hydrogens (tertiary/aromatic N) is 4. The van der Waals surface area contributed by atoms with Gasteiger partial charge in [-0.25, -0.2) is 4.21 Å². The molecule has 2 bridgehead atoms. The molecular weight excluding hydrogens is 653 g/mol. The fourth-order valence-electron chi connectivity index (χ4n) is 8.36. The molecule has 5 atom stereocenters. The molecule has 1 aromatic heterocycles. The number of carbonyl (C=O) groups excluding carboxylic acids is 2. The van der Waals surface area contributed by atoms with E-state index in [1.165, 1.54) is 16.7 Å². The molecule has 1 fully saturated rings. The summed E-state index contributed by atoms with van der Waals surface area (Å²) in [6.07, 6.45) is 11.1. The summed E-state index contributed by atoms with van der Waals surface area (Å²) in [7, 11) is -1.42. The lowest BCUT2D eigenvalue weighted by Gasteiger charge is -2.46. The summed E-state index contributed by atoms with van der Waals surface area (Å²) >= 11 is 0. The lowest BCUT2D eigenvalue weighted by molar-refractivity contribution is -0.116. The van der Waals surface area contributed by atoms with Crippen LogP contribution in [0.25, 0.3) is 0 Å². The number of anilines is 1. The molecule has 3 aromatic rings. The van der Waals surface area contributed by atoms with Crippen LogP contribution < -0.4 is 9.64 Å². The molecule has 1 amide bonds. The predicted octanol–water partition coefficient (Wildman–Crippen LogP) is 6.36. The summed E-state index contributed by atoms with van der Waals surface area (Å²) in [4.78, 5) is 29.4. The van der Waals surface area contributed by atoms with E-state index in [1.807, 2.05) is 12.1 Å². The topological polar surface area (TPSA) is 124 Å². The van der Waals surface area contributed by atoms with Crippen molar-refractivity contribution in [2.75, 3.05) is 43.2 Å². The molecule has 0 unspecified atom stereocenters. The van der Waals surface area contributed by atoms with Crippen LogP contribution in [0.1, 0.15) is 83.8 Å².